The van der Waals surface area contributed by atoms with Crippen molar-refractivity contribution in [1.82, 2.24) is 10.6 Å². The molecule has 0 bridgehead atoms. The first-order valence-electron chi connectivity index (χ1n) is 18.9. The zero-order valence-electron chi connectivity index (χ0n) is 30.1. The van der Waals surface area contributed by atoms with Gasteiger partial charge in [0.1, 0.15) is 13.2 Å². The highest BCUT2D eigenvalue weighted by molar-refractivity contribution is 5.80. The summed E-state index contributed by atoms with van der Waals surface area (Å²) in [6.07, 6.45) is 4.19. The summed E-state index contributed by atoms with van der Waals surface area (Å²) in [5.74, 6) is -1.18. The van der Waals surface area contributed by atoms with Crippen LogP contribution in [0.1, 0.15) is 85.5 Å². The maximum atomic E-state index is 12.3. The van der Waals surface area contributed by atoms with E-state index in [1.54, 1.807) is 0 Å². The third kappa shape index (κ3) is 8.43. The highest BCUT2D eigenvalue weighted by Crippen LogP contribution is 2.45. The fraction of sp³-hybridized carbons (Fsp3) is 0.364. The minimum absolute atomic E-state index is 0.00463. The standard InChI is InChI=1S/2C22H23NO4/c2*24-21(25)12-14-9-10-15(11-14)23-22(26)27-13-20-18-7-3-1-5-16(18)17-6-2-4-8-19(17)20/h2*1-8,14-15,20H,9-13H2,(H,23,26)(H,24,25)/t2*14-,15+/m10/s1. The Morgan fingerprint density at radius 3 is 1.13 bits per heavy atom. The van der Waals surface area contributed by atoms with Crippen LogP contribution >= 0.6 is 0 Å². The average molecular weight is 731 g/mol. The maximum Gasteiger partial charge on any atom is 0.407 e. The van der Waals surface area contributed by atoms with E-state index in [0.29, 0.717) is 26.1 Å². The molecule has 54 heavy (non-hydrogen) atoms. The number of hydrogen-bond acceptors (Lipinski definition) is 6. The number of carboxylic acid groups (broad SMARTS) is 2. The molecule has 4 aromatic carbocycles. The fourth-order valence-corrected chi connectivity index (χ4v) is 8.89. The number of benzene rings is 4. The minimum atomic E-state index is -0.776. The second-order valence-corrected chi connectivity index (χ2v) is 14.9. The molecule has 0 saturated heterocycles. The number of rotatable bonds is 10. The van der Waals surface area contributed by atoms with Crippen LogP contribution < -0.4 is 10.6 Å². The van der Waals surface area contributed by atoms with Crippen LogP contribution in [0.5, 0.6) is 0 Å². The Kier molecular flexibility index (Phi) is 11.3. The summed E-state index contributed by atoms with van der Waals surface area (Å²) in [6.45, 7) is 0.594. The molecule has 4 atom stereocenters. The summed E-state index contributed by atoms with van der Waals surface area (Å²) in [6, 6.07) is 33.0. The monoisotopic (exact) mass is 730 g/mol. The summed E-state index contributed by atoms with van der Waals surface area (Å²) < 4.78 is 11.1. The van der Waals surface area contributed by atoms with Crippen molar-refractivity contribution in [1.29, 1.82) is 0 Å². The molecular weight excluding hydrogens is 684 g/mol. The van der Waals surface area contributed by atoms with Gasteiger partial charge in [0.05, 0.1) is 0 Å². The van der Waals surface area contributed by atoms with Crippen LogP contribution in [0.25, 0.3) is 22.3 Å². The second-order valence-electron chi connectivity index (χ2n) is 14.9. The molecule has 8 rings (SSSR count). The Morgan fingerprint density at radius 2 is 0.815 bits per heavy atom. The molecule has 280 valence electrons. The Morgan fingerprint density at radius 1 is 0.500 bits per heavy atom. The molecule has 0 radical (unpaired) electrons. The summed E-state index contributed by atoms with van der Waals surface area (Å²) in [4.78, 5) is 46.2. The van der Waals surface area contributed by atoms with E-state index < -0.39 is 24.1 Å². The lowest BCUT2D eigenvalue weighted by molar-refractivity contribution is -0.139. The number of alkyl carbamates (subject to hydrolysis) is 2. The molecule has 2 fully saturated rings. The Balaban J connectivity index is 0.000000167. The predicted octanol–water partition coefficient (Wildman–Crippen LogP) is 8.34. The molecule has 0 aromatic heterocycles. The lowest BCUT2D eigenvalue weighted by Gasteiger charge is -2.17. The first kappa shape index (κ1) is 36.7. The van der Waals surface area contributed by atoms with Crippen molar-refractivity contribution in [2.24, 2.45) is 11.8 Å². The average Bonchev–Trinajstić information content (AvgIpc) is 3.94. The number of amides is 2. The number of carbonyl (C=O) groups excluding carboxylic acids is 2. The van der Waals surface area contributed by atoms with Gasteiger partial charge in [0.15, 0.2) is 0 Å². The molecule has 10 nitrogen and oxygen atoms in total. The molecule has 4 aromatic rings. The van der Waals surface area contributed by atoms with Crippen molar-refractivity contribution >= 4 is 24.1 Å². The van der Waals surface area contributed by atoms with Crippen LogP contribution in [-0.2, 0) is 19.1 Å². The second kappa shape index (κ2) is 16.6. The first-order valence-corrected chi connectivity index (χ1v) is 18.9. The van der Waals surface area contributed by atoms with Crippen molar-refractivity contribution in [2.45, 2.75) is 75.3 Å². The van der Waals surface area contributed by atoms with Crippen LogP contribution in [0.15, 0.2) is 97.1 Å². The van der Waals surface area contributed by atoms with Crippen molar-refractivity contribution in [3.8, 4) is 22.3 Å². The van der Waals surface area contributed by atoms with E-state index in [1.165, 1.54) is 44.5 Å². The number of carboxylic acids is 2. The molecule has 0 aliphatic heterocycles. The van der Waals surface area contributed by atoms with E-state index in [0.717, 1.165) is 25.7 Å². The highest BCUT2D eigenvalue weighted by atomic mass is 16.6. The third-order valence-corrected chi connectivity index (χ3v) is 11.3. The molecule has 0 unspecified atom stereocenters. The highest BCUT2D eigenvalue weighted by Gasteiger charge is 2.33. The van der Waals surface area contributed by atoms with Gasteiger partial charge in [-0.3, -0.25) is 9.59 Å². The zero-order chi connectivity index (χ0) is 37.6. The topological polar surface area (TPSA) is 151 Å². The number of ether oxygens (including phenoxy) is 2. The summed E-state index contributed by atoms with van der Waals surface area (Å²) >= 11 is 0. The lowest BCUT2D eigenvalue weighted by atomic mass is 9.98. The largest absolute Gasteiger partial charge is 0.481 e. The molecule has 4 aliphatic rings. The van der Waals surface area contributed by atoms with Crippen LogP contribution in [0.3, 0.4) is 0 Å². The SMILES string of the molecule is O=C(O)C[C@@H]1CC[C@H](NC(=O)OCC2c3ccccc3-c3ccccc32)C1.O=C(O)C[C@H]1CC[C@@H](NC(=O)OCC2c3ccccc3-c3ccccc32)C1. The number of hydrogen-bond donors (Lipinski definition) is 4. The minimum Gasteiger partial charge on any atom is -0.481 e. The molecule has 10 heteroatoms. The van der Waals surface area contributed by atoms with Gasteiger partial charge in [0.2, 0.25) is 0 Å². The number of carbonyl (C=O) groups is 4. The van der Waals surface area contributed by atoms with Gasteiger partial charge in [0.25, 0.3) is 0 Å². The van der Waals surface area contributed by atoms with E-state index in [1.807, 2.05) is 48.5 Å². The fourth-order valence-electron chi connectivity index (χ4n) is 8.89. The molecule has 0 heterocycles. The van der Waals surface area contributed by atoms with E-state index >= 15 is 0 Å². The molecule has 0 spiro atoms. The van der Waals surface area contributed by atoms with E-state index in [4.69, 9.17) is 19.7 Å². The van der Waals surface area contributed by atoms with E-state index in [2.05, 4.69) is 59.2 Å². The molecule has 2 saturated carbocycles. The number of nitrogens with one attached hydrogen (secondary N) is 2. The Hall–Kier alpha value is -5.64. The predicted molar refractivity (Wildman–Crippen MR) is 203 cm³/mol. The zero-order valence-corrected chi connectivity index (χ0v) is 30.1. The molecule has 4 N–H and O–H groups in total. The smallest absolute Gasteiger partial charge is 0.407 e. The van der Waals surface area contributed by atoms with Crippen molar-refractivity contribution in [3.63, 3.8) is 0 Å². The van der Waals surface area contributed by atoms with Gasteiger partial charge in [-0.2, -0.15) is 0 Å². The van der Waals surface area contributed by atoms with Gasteiger partial charge in [-0.1, -0.05) is 97.1 Å². The van der Waals surface area contributed by atoms with Crippen LogP contribution in [0.2, 0.25) is 0 Å². The summed E-state index contributed by atoms with van der Waals surface area (Å²) in [5.41, 5.74) is 9.57. The Labute approximate surface area is 314 Å². The van der Waals surface area contributed by atoms with Crippen molar-refractivity contribution < 1.29 is 38.9 Å². The molecule has 4 aliphatic carbocycles. The van der Waals surface area contributed by atoms with Crippen LogP contribution in [0.4, 0.5) is 9.59 Å². The quantitative estimate of drug-likeness (QED) is 0.127. The lowest BCUT2D eigenvalue weighted by Crippen LogP contribution is -2.34. The van der Waals surface area contributed by atoms with Gasteiger partial charge < -0.3 is 30.3 Å². The van der Waals surface area contributed by atoms with E-state index in [9.17, 15) is 19.2 Å². The number of fused-ring (bicyclic) bond motifs is 6. The third-order valence-electron chi connectivity index (χ3n) is 11.3. The molecular formula is C44H46N2O8. The van der Waals surface area contributed by atoms with Crippen molar-refractivity contribution in [2.75, 3.05) is 13.2 Å². The number of aliphatic carboxylic acids is 2. The summed E-state index contributed by atoms with van der Waals surface area (Å²) in [5, 5.41) is 23.6. The molecule has 2 amide bonds. The van der Waals surface area contributed by atoms with Gasteiger partial charge in [-0.25, -0.2) is 9.59 Å². The normalized spacial score (nSPS) is 20.7. The maximum absolute atomic E-state index is 12.3. The first-order chi connectivity index (χ1) is 26.2. The van der Waals surface area contributed by atoms with Gasteiger partial charge in [-0.15, -0.1) is 0 Å². The van der Waals surface area contributed by atoms with Crippen LogP contribution in [0, 0.1) is 11.8 Å². The van der Waals surface area contributed by atoms with Crippen molar-refractivity contribution in [3.05, 3.63) is 119 Å². The van der Waals surface area contributed by atoms with Crippen LogP contribution in [-0.4, -0.2) is 59.6 Å². The van der Waals surface area contributed by atoms with E-state index in [-0.39, 0.29) is 48.6 Å². The summed E-state index contributed by atoms with van der Waals surface area (Å²) in [7, 11) is 0. The van der Waals surface area contributed by atoms with Gasteiger partial charge in [-0.05, 0) is 94.9 Å². The Bertz CT molecular complexity index is 1780. The van der Waals surface area contributed by atoms with Gasteiger partial charge in [0, 0.05) is 36.8 Å². The van der Waals surface area contributed by atoms with Gasteiger partial charge >= 0.3 is 24.1 Å².